The number of hydrogen-bond acceptors (Lipinski definition) is 6. The Morgan fingerprint density at radius 3 is 3.00 bits per heavy atom. The van der Waals surface area contributed by atoms with Gasteiger partial charge in [0, 0.05) is 5.75 Å². The Kier molecular flexibility index (Phi) is 7.52. The zero-order chi connectivity index (χ0) is 11.5. The van der Waals surface area contributed by atoms with Crippen LogP contribution in [0.3, 0.4) is 0 Å². The molecule has 88 valence electrons. The predicted molar refractivity (Wildman–Crippen MR) is 70.0 cm³/mol. The molecular formula is C8H14N6S2. The van der Waals surface area contributed by atoms with Crippen LogP contribution in [-0.4, -0.2) is 38.6 Å². The van der Waals surface area contributed by atoms with Crippen molar-refractivity contribution in [2.75, 3.05) is 11.5 Å². The van der Waals surface area contributed by atoms with E-state index >= 15 is 0 Å². The van der Waals surface area contributed by atoms with Gasteiger partial charge in [-0.15, -0.1) is 16.9 Å². The van der Waals surface area contributed by atoms with Crippen LogP contribution in [0.15, 0.2) is 21.7 Å². The van der Waals surface area contributed by atoms with Crippen molar-refractivity contribution in [3.8, 4) is 0 Å². The van der Waals surface area contributed by atoms with Gasteiger partial charge in [-0.05, 0) is 18.6 Å². The molecule has 0 fully saturated rings. The van der Waals surface area contributed by atoms with Crippen LogP contribution in [0.2, 0.25) is 0 Å². The molecule has 0 spiro atoms. The summed E-state index contributed by atoms with van der Waals surface area (Å²) < 4.78 is 0. The van der Waals surface area contributed by atoms with Gasteiger partial charge < -0.3 is 5.73 Å². The molecule has 0 saturated carbocycles. The Balaban J connectivity index is 1.88. The van der Waals surface area contributed by atoms with E-state index in [0.717, 1.165) is 29.5 Å². The maximum atomic E-state index is 5.02. The predicted octanol–water partition coefficient (Wildman–Crippen LogP) is 1.34. The van der Waals surface area contributed by atoms with E-state index in [1.807, 2.05) is 0 Å². The molecule has 16 heavy (non-hydrogen) atoms. The molecule has 0 unspecified atom stereocenters. The number of nitrogens with zero attached hydrogens (tertiary/aromatic N) is 4. The first-order valence-corrected chi connectivity index (χ1v) is 6.81. The van der Waals surface area contributed by atoms with Crippen LogP contribution in [0.25, 0.3) is 0 Å². The van der Waals surface area contributed by atoms with Crippen molar-refractivity contribution >= 4 is 35.4 Å². The van der Waals surface area contributed by atoms with E-state index in [9.17, 15) is 0 Å². The first-order chi connectivity index (χ1) is 7.93. The van der Waals surface area contributed by atoms with Crippen LogP contribution >= 0.6 is 23.5 Å². The Bertz CT molecular complexity index is 310. The van der Waals surface area contributed by atoms with Gasteiger partial charge in [-0.3, -0.25) is 5.10 Å². The van der Waals surface area contributed by atoms with Crippen LogP contribution in [-0.2, 0) is 0 Å². The molecule has 6 nitrogen and oxygen atoms in total. The van der Waals surface area contributed by atoms with E-state index < -0.39 is 0 Å². The van der Waals surface area contributed by atoms with Crippen molar-refractivity contribution < 1.29 is 0 Å². The highest BCUT2D eigenvalue weighted by molar-refractivity contribution is 8.12. The van der Waals surface area contributed by atoms with Gasteiger partial charge in [-0.25, -0.2) is 4.98 Å². The van der Waals surface area contributed by atoms with E-state index in [-0.39, 0.29) is 0 Å². The fraction of sp³-hybridized carbons (Fsp3) is 0.500. The molecule has 1 rings (SSSR count). The molecule has 0 aliphatic rings. The molecule has 0 aliphatic heterocycles. The minimum absolute atomic E-state index is 0.881. The molecular weight excluding hydrogens is 244 g/mol. The van der Waals surface area contributed by atoms with E-state index in [4.69, 9.17) is 5.73 Å². The minimum atomic E-state index is 0.881. The summed E-state index contributed by atoms with van der Waals surface area (Å²) in [5.41, 5.74) is 6.73. The van der Waals surface area contributed by atoms with Gasteiger partial charge in [0.15, 0.2) is 5.16 Å². The first kappa shape index (κ1) is 13.0. The molecule has 0 radical (unpaired) electrons. The maximum absolute atomic E-state index is 5.02. The molecule has 0 aromatic carbocycles. The zero-order valence-corrected chi connectivity index (χ0v) is 10.4. The second kappa shape index (κ2) is 9.22. The van der Waals surface area contributed by atoms with Gasteiger partial charge in [0.25, 0.3) is 0 Å². The Labute approximate surface area is 103 Å². The smallest absolute Gasteiger partial charge is 0.183 e. The number of nitrogens with one attached hydrogen (secondary N) is 1. The molecule has 0 saturated heterocycles. The molecule has 0 aliphatic carbocycles. The van der Waals surface area contributed by atoms with Crippen LogP contribution in [0, 0.1) is 0 Å². The van der Waals surface area contributed by atoms with E-state index in [1.54, 1.807) is 29.1 Å². The minimum Gasteiger partial charge on any atom is -0.388 e. The lowest BCUT2D eigenvalue weighted by atomic mass is 10.4. The highest BCUT2D eigenvalue weighted by atomic mass is 32.2. The Morgan fingerprint density at radius 2 is 2.25 bits per heavy atom. The summed E-state index contributed by atoms with van der Waals surface area (Å²) in [6.07, 6.45) is 4.98. The summed E-state index contributed by atoms with van der Waals surface area (Å²) in [5, 5.41) is 14.7. The molecule has 0 bridgehead atoms. The summed E-state index contributed by atoms with van der Waals surface area (Å²) in [6.45, 7) is 0. The van der Waals surface area contributed by atoms with Crippen molar-refractivity contribution in [1.82, 2.24) is 15.2 Å². The summed E-state index contributed by atoms with van der Waals surface area (Å²) in [6, 6.07) is 0. The Hall–Kier alpha value is -1.02. The third-order valence-electron chi connectivity index (χ3n) is 1.54. The number of thioether (sulfide) groups is 2. The summed E-state index contributed by atoms with van der Waals surface area (Å²) in [5.74, 6) is 2.09. The summed E-state index contributed by atoms with van der Waals surface area (Å²) >= 11 is 3.32. The van der Waals surface area contributed by atoms with Gasteiger partial charge >= 0.3 is 0 Å². The standard InChI is InChI=1S/C8H14N6S2/c9-5-11-13-7-15-3-1-2-4-16-8-10-6-12-14-8/h5-7H,1-4H2,(H2,9,11)(H,10,12,14)/b13-7+. The summed E-state index contributed by atoms with van der Waals surface area (Å²) in [4.78, 5) is 4.03. The number of H-pyrrole nitrogens is 1. The highest BCUT2D eigenvalue weighted by Gasteiger charge is 1.95. The monoisotopic (exact) mass is 258 g/mol. The molecule has 1 aromatic heterocycles. The zero-order valence-electron chi connectivity index (χ0n) is 8.74. The van der Waals surface area contributed by atoms with Gasteiger partial charge in [0.2, 0.25) is 0 Å². The van der Waals surface area contributed by atoms with E-state index in [2.05, 4.69) is 25.4 Å². The van der Waals surface area contributed by atoms with Crippen molar-refractivity contribution in [3.05, 3.63) is 6.33 Å². The molecule has 0 amide bonds. The number of rotatable bonds is 8. The lowest BCUT2D eigenvalue weighted by Gasteiger charge is -1.96. The largest absolute Gasteiger partial charge is 0.388 e. The third kappa shape index (κ3) is 6.46. The number of unbranched alkanes of at least 4 members (excludes halogenated alkanes) is 1. The SMILES string of the molecule is NC=N/N=C/SCCCCSc1ncn[nH]1. The van der Waals surface area contributed by atoms with Gasteiger partial charge in [-0.2, -0.15) is 10.2 Å². The average Bonchev–Trinajstić information content (AvgIpc) is 2.80. The van der Waals surface area contributed by atoms with Crippen molar-refractivity contribution in [2.45, 2.75) is 18.0 Å². The topological polar surface area (TPSA) is 92.3 Å². The second-order valence-corrected chi connectivity index (χ2v) is 4.74. The fourth-order valence-corrected chi connectivity index (χ4v) is 2.25. The van der Waals surface area contributed by atoms with Crippen LogP contribution in [0.5, 0.6) is 0 Å². The van der Waals surface area contributed by atoms with Crippen molar-refractivity contribution in [2.24, 2.45) is 15.9 Å². The summed E-state index contributed by atoms with van der Waals surface area (Å²) in [7, 11) is 0. The molecule has 3 N–H and O–H groups in total. The number of nitrogens with two attached hydrogens (primary N) is 1. The van der Waals surface area contributed by atoms with Crippen LogP contribution < -0.4 is 5.73 Å². The quantitative estimate of drug-likeness (QED) is 0.241. The van der Waals surface area contributed by atoms with Crippen LogP contribution in [0.4, 0.5) is 0 Å². The van der Waals surface area contributed by atoms with Gasteiger partial charge in [-0.1, -0.05) is 11.8 Å². The van der Waals surface area contributed by atoms with Crippen LogP contribution in [0.1, 0.15) is 12.8 Å². The highest BCUT2D eigenvalue weighted by Crippen LogP contribution is 2.13. The number of aromatic amines is 1. The fourth-order valence-electron chi connectivity index (χ4n) is 0.872. The first-order valence-electron chi connectivity index (χ1n) is 4.78. The van der Waals surface area contributed by atoms with Crippen molar-refractivity contribution in [3.63, 3.8) is 0 Å². The number of aromatic nitrogens is 3. The lowest BCUT2D eigenvalue weighted by Crippen LogP contribution is -1.86. The number of hydrogen-bond donors (Lipinski definition) is 2. The maximum Gasteiger partial charge on any atom is 0.183 e. The second-order valence-electron chi connectivity index (χ2n) is 2.70. The molecule has 1 heterocycles. The van der Waals surface area contributed by atoms with E-state index in [0.29, 0.717) is 0 Å². The normalized spacial score (nSPS) is 11.8. The lowest BCUT2D eigenvalue weighted by molar-refractivity contribution is 0.900. The van der Waals surface area contributed by atoms with Gasteiger partial charge in [0.1, 0.15) is 12.7 Å². The van der Waals surface area contributed by atoms with E-state index in [1.165, 1.54) is 12.7 Å². The molecule has 8 heteroatoms. The molecule has 1 aromatic rings. The Morgan fingerprint density at radius 1 is 1.38 bits per heavy atom. The molecule has 0 atom stereocenters. The average molecular weight is 258 g/mol. The van der Waals surface area contributed by atoms with Gasteiger partial charge in [0.05, 0.1) is 5.55 Å². The van der Waals surface area contributed by atoms with Crippen molar-refractivity contribution in [1.29, 1.82) is 0 Å². The third-order valence-corrected chi connectivity index (χ3v) is 3.27.